The molecule has 26 heavy (non-hydrogen) atoms. The lowest BCUT2D eigenvalue weighted by molar-refractivity contribution is -0.363. The van der Waals surface area contributed by atoms with E-state index in [1.54, 1.807) is 32.1 Å². The zero-order chi connectivity index (χ0) is 19.0. The predicted molar refractivity (Wildman–Crippen MR) is 102 cm³/mol. The summed E-state index contributed by atoms with van der Waals surface area (Å²) in [5, 5.41) is 0. The molecule has 2 aliphatic rings. The fraction of sp³-hybridized carbons (Fsp3) is 0.211. The summed E-state index contributed by atoms with van der Waals surface area (Å²) < 4.78 is 47.9. The molecule has 0 N–H and O–H groups in total. The molecule has 0 amide bonds. The summed E-state index contributed by atoms with van der Waals surface area (Å²) in [5.74, 6) is -0.412. The van der Waals surface area contributed by atoms with Crippen LogP contribution in [0.15, 0.2) is 46.1 Å². The second-order valence-corrected chi connectivity index (χ2v) is 7.91. The normalized spacial score (nSPS) is 18.2. The van der Waals surface area contributed by atoms with Gasteiger partial charge in [-0.25, -0.2) is 4.39 Å². The van der Waals surface area contributed by atoms with Crippen molar-refractivity contribution in [2.75, 3.05) is 0 Å². The van der Waals surface area contributed by atoms with E-state index < -0.39 is 12.8 Å². The van der Waals surface area contributed by atoms with Crippen LogP contribution in [0, 0.1) is 19.7 Å². The first-order valence-electron chi connectivity index (χ1n) is 8.36. The number of fused-ring (bicyclic) bond motifs is 2. The van der Waals surface area contributed by atoms with E-state index in [-0.39, 0.29) is 0 Å². The lowest BCUT2D eigenvalue weighted by Gasteiger charge is -2.34. The summed E-state index contributed by atoms with van der Waals surface area (Å²) in [6, 6.07) is 6.29. The fourth-order valence-corrected chi connectivity index (χ4v) is 4.74. The van der Waals surface area contributed by atoms with Gasteiger partial charge in [-0.15, -0.1) is 0 Å². The number of nitrogens with zero attached hydrogens (tertiary/aromatic N) is 2. The Labute approximate surface area is 158 Å². The van der Waals surface area contributed by atoms with Gasteiger partial charge in [-0.05, 0) is 61.9 Å². The van der Waals surface area contributed by atoms with Gasteiger partial charge >= 0.3 is 6.97 Å². The van der Waals surface area contributed by atoms with E-state index >= 15 is 8.63 Å². The van der Waals surface area contributed by atoms with Gasteiger partial charge in [0.25, 0.3) is 0 Å². The molecule has 2 aromatic rings. The van der Waals surface area contributed by atoms with Crippen LogP contribution in [0.5, 0.6) is 0 Å². The van der Waals surface area contributed by atoms with Gasteiger partial charge in [-0.2, -0.15) is 0 Å². The maximum absolute atomic E-state index is 15.5. The van der Waals surface area contributed by atoms with Crippen LogP contribution in [0.25, 0.3) is 5.57 Å². The minimum atomic E-state index is -4.01. The molecule has 0 atom stereocenters. The molecule has 0 unspecified atom stereocenters. The SMILES string of the molecule is CC1=CC(C)=[N+]2C1=C(c1cc(F)cc(Br)c1)c1c(C)cc(C)n1[B-]2(F)F. The standard InChI is InChI=1S/C19H17BBrF3N2/c1-10-5-12(3)25-18(10)17(14-7-15(21)9-16(22)8-14)19-11(2)6-13(4)26(19)20(25,23)24/h5-9H,1-4H3. The number of aromatic nitrogens is 1. The lowest BCUT2D eigenvalue weighted by Crippen LogP contribution is -2.51. The number of hydrogen-bond donors (Lipinski definition) is 0. The summed E-state index contributed by atoms with van der Waals surface area (Å²) in [4.78, 5) is 0. The highest BCUT2D eigenvalue weighted by molar-refractivity contribution is 9.10. The number of rotatable bonds is 1. The van der Waals surface area contributed by atoms with Gasteiger partial charge in [-0.1, -0.05) is 15.9 Å². The first-order valence-corrected chi connectivity index (χ1v) is 9.15. The fourth-order valence-electron chi connectivity index (χ4n) is 4.27. The average Bonchev–Trinajstić information content (AvgIpc) is 2.96. The largest absolute Gasteiger partial charge is 0.737 e. The summed E-state index contributed by atoms with van der Waals surface area (Å²) in [5.41, 5.74) is 4.62. The molecule has 0 saturated heterocycles. The van der Waals surface area contributed by atoms with Gasteiger partial charge < -0.3 is 17.6 Å². The molecule has 1 aromatic heterocycles. The zero-order valence-electron chi connectivity index (χ0n) is 14.9. The van der Waals surface area contributed by atoms with Crippen molar-refractivity contribution in [3.63, 3.8) is 0 Å². The molecule has 7 heteroatoms. The molecule has 0 fully saturated rings. The van der Waals surface area contributed by atoms with Crippen molar-refractivity contribution in [1.29, 1.82) is 0 Å². The third kappa shape index (κ3) is 2.22. The monoisotopic (exact) mass is 420 g/mol. The van der Waals surface area contributed by atoms with E-state index in [4.69, 9.17) is 0 Å². The van der Waals surface area contributed by atoms with E-state index in [2.05, 4.69) is 15.9 Å². The Balaban J connectivity index is 2.19. The van der Waals surface area contributed by atoms with Crippen LogP contribution in [0.4, 0.5) is 13.0 Å². The van der Waals surface area contributed by atoms with Crippen LogP contribution in [-0.4, -0.2) is 21.6 Å². The minimum absolute atomic E-state index is 0.412. The van der Waals surface area contributed by atoms with Crippen molar-refractivity contribution < 1.29 is 17.5 Å². The molecule has 0 spiro atoms. The molecular weight excluding hydrogens is 404 g/mol. The summed E-state index contributed by atoms with van der Waals surface area (Å²) in [7, 11) is 0. The van der Waals surface area contributed by atoms with Crippen LogP contribution in [0.2, 0.25) is 0 Å². The number of aryl methyl sites for hydroxylation is 2. The van der Waals surface area contributed by atoms with E-state index in [1.807, 2.05) is 13.8 Å². The second-order valence-electron chi connectivity index (χ2n) is 7.00. The molecule has 1 aromatic carbocycles. The van der Waals surface area contributed by atoms with Gasteiger partial charge in [0.15, 0.2) is 5.70 Å². The van der Waals surface area contributed by atoms with E-state index in [9.17, 15) is 4.39 Å². The van der Waals surface area contributed by atoms with Crippen molar-refractivity contribution >= 4 is 34.2 Å². The number of halogens is 4. The number of hydrogen-bond acceptors (Lipinski definition) is 0. The van der Waals surface area contributed by atoms with Gasteiger partial charge in [0.05, 0.1) is 5.57 Å². The first kappa shape index (κ1) is 17.4. The van der Waals surface area contributed by atoms with Gasteiger partial charge in [-0.3, -0.25) is 0 Å². The molecular formula is C19H17BBrF3N2. The van der Waals surface area contributed by atoms with Gasteiger partial charge in [0.1, 0.15) is 11.5 Å². The van der Waals surface area contributed by atoms with Crippen molar-refractivity contribution in [1.82, 2.24) is 4.48 Å². The van der Waals surface area contributed by atoms with Gasteiger partial charge in [0.2, 0.25) is 0 Å². The summed E-state index contributed by atoms with van der Waals surface area (Å²) in [6.45, 7) is 2.99. The van der Waals surface area contributed by atoms with Crippen molar-refractivity contribution in [3.05, 3.63) is 74.4 Å². The van der Waals surface area contributed by atoms with Crippen LogP contribution in [0.3, 0.4) is 0 Å². The smallest absolute Gasteiger partial charge is 0.393 e. The Kier molecular flexibility index (Phi) is 3.67. The predicted octanol–water partition coefficient (Wildman–Crippen LogP) is 5.44. The topological polar surface area (TPSA) is 7.94 Å². The maximum atomic E-state index is 15.5. The van der Waals surface area contributed by atoms with Gasteiger partial charge in [0, 0.05) is 28.7 Å². The van der Waals surface area contributed by atoms with Crippen LogP contribution < -0.4 is 0 Å². The van der Waals surface area contributed by atoms with E-state index in [0.717, 1.165) is 20.1 Å². The zero-order valence-corrected chi connectivity index (χ0v) is 16.5. The van der Waals surface area contributed by atoms with Crippen LogP contribution in [0.1, 0.15) is 36.4 Å². The van der Waals surface area contributed by atoms with E-state index in [0.29, 0.717) is 38.4 Å². The Hall–Kier alpha value is -2.02. The summed E-state index contributed by atoms with van der Waals surface area (Å²) >= 11 is 3.32. The molecule has 0 radical (unpaired) electrons. The van der Waals surface area contributed by atoms with Crippen molar-refractivity contribution in [2.45, 2.75) is 27.7 Å². The third-order valence-electron chi connectivity index (χ3n) is 5.09. The number of benzene rings is 1. The van der Waals surface area contributed by atoms with Crippen molar-refractivity contribution in [2.24, 2.45) is 0 Å². The van der Waals surface area contributed by atoms with Crippen LogP contribution >= 0.6 is 15.9 Å². The highest BCUT2D eigenvalue weighted by Gasteiger charge is 2.55. The minimum Gasteiger partial charge on any atom is -0.393 e. The summed E-state index contributed by atoms with van der Waals surface area (Å²) in [6.07, 6.45) is 1.76. The van der Waals surface area contributed by atoms with E-state index in [1.165, 1.54) is 12.1 Å². The molecule has 2 aliphatic heterocycles. The quantitative estimate of drug-likeness (QED) is 0.543. The molecule has 134 valence electrons. The maximum Gasteiger partial charge on any atom is 0.737 e. The average molecular weight is 421 g/mol. The van der Waals surface area contributed by atoms with Crippen molar-refractivity contribution in [3.8, 4) is 0 Å². The molecule has 0 saturated carbocycles. The highest BCUT2D eigenvalue weighted by atomic mass is 79.9. The first-order chi connectivity index (χ1) is 12.1. The Morgan fingerprint density at radius 3 is 2.38 bits per heavy atom. The lowest BCUT2D eigenvalue weighted by atomic mass is 9.84. The Morgan fingerprint density at radius 1 is 1.04 bits per heavy atom. The molecule has 0 bridgehead atoms. The number of allylic oxidation sites excluding steroid dienone is 2. The molecule has 3 heterocycles. The third-order valence-corrected chi connectivity index (χ3v) is 5.54. The van der Waals surface area contributed by atoms with Crippen LogP contribution in [-0.2, 0) is 0 Å². The highest BCUT2D eigenvalue weighted by Crippen LogP contribution is 2.44. The molecule has 0 aliphatic carbocycles. The Morgan fingerprint density at radius 2 is 1.73 bits per heavy atom. The molecule has 2 nitrogen and oxygen atoms in total. The molecule has 4 rings (SSSR count). The Bertz CT molecular complexity index is 1060. The second kappa shape index (κ2) is 5.49.